The van der Waals surface area contributed by atoms with E-state index in [0.29, 0.717) is 17.0 Å². The van der Waals surface area contributed by atoms with Gasteiger partial charge >= 0.3 is 0 Å². The van der Waals surface area contributed by atoms with Gasteiger partial charge in [0.05, 0.1) is 5.52 Å². The van der Waals surface area contributed by atoms with E-state index in [-0.39, 0.29) is 5.52 Å². The summed E-state index contributed by atoms with van der Waals surface area (Å²) in [5.74, 6) is -0.830. The van der Waals surface area contributed by atoms with Crippen LogP contribution in [0.5, 0.6) is 0 Å². The van der Waals surface area contributed by atoms with Crippen molar-refractivity contribution in [1.82, 2.24) is 9.97 Å². The summed E-state index contributed by atoms with van der Waals surface area (Å²) in [5.41, 5.74) is 9.71. The van der Waals surface area contributed by atoms with Crippen LogP contribution in [0.4, 0.5) is 14.5 Å². The van der Waals surface area contributed by atoms with Crippen LogP contribution in [0.25, 0.3) is 22.4 Å². The number of benzene rings is 2. The molecule has 0 radical (unpaired) electrons. The van der Waals surface area contributed by atoms with Gasteiger partial charge in [0.25, 0.3) is 0 Å². The summed E-state index contributed by atoms with van der Waals surface area (Å²) < 4.78 is 26.9. The number of nitrogen functional groups attached to an aromatic ring is 1. The molecule has 0 bridgehead atoms. The molecule has 0 unspecified atom stereocenters. The van der Waals surface area contributed by atoms with Gasteiger partial charge < -0.3 is 10.7 Å². The molecule has 3 N–H and O–H groups in total. The number of hydrogen-bond donors (Lipinski definition) is 2. The molecular weight excluding hydrogens is 260 g/mol. The molecule has 2 aromatic carbocycles. The number of imidazole rings is 1. The zero-order valence-electron chi connectivity index (χ0n) is 11.1. The Kier molecular flexibility index (Phi) is 2.71. The maximum Gasteiger partial charge on any atom is 0.153 e. The monoisotopic (exact) mass is 273 g/mol. The number of nitrogens with one attached hydrogen (secondary N) is 1. The van der Waals surface area contributed by atoms with Crippen LogP contribution in [0.2, 0.25) is 0 Å². The Hall–Kier alpha value is -2.43. The van der Waals surface area contributed by atoms with Crippen LogP contribution in [0.1, 0.15) is 11.1 Å². The number of fused-ring (bicyclic) bond motifs is 1. The summed E-state index contributed by atoms with van der Waals surface area (Å²) in [4.78, 5) is 7.16. The van der Waals surface area contributed by atoms with E-state index in [1.165, 1.54) is 6.07 Å². The molecule has 1 heterocycles. The first-order valence-electron chi connectivity index (χ1n) is 6.17. The maximum absolute atomic E-state index is 13.7. The second-order valence-electron chi connectivity index (χ2n) is 4.88. The molecule has 0 aliphatic rings. The van der Waals surface area contributed by atoms with Gasteiger partial charge in [-0.15, -0.1) is 0 Å². The van der Waals surface area contributed by atoms with E-state index in [4.69, 9.17) is 5.73 Å². The Balaban J connectivity index is 2.28. The zero-order valence-corrected chi connectivity index (χ0v) is 11.1. The third-order valence-electron chi connectivity index (χ3n) is 3.45. The van der Waals surface area contributed by atoms with Crippen LogP contribution < -0.4 is 5.73 Å². The maximum atomic E-state index is 13.7. The average molecular weight is 273 g/mol. The molecule has 3 aromatic rings. The number of hydrogen-bond acceptors (Lipinski definition) is 2. The molecule has 0 aliphatic heterocycles. The molecule has 3 rings (SSSR count). The Bertz CT molecular complexity index is 822. The molecule has 102 valence electrons. The molecule has 20 heavy (non-hydrogen) atoms. The van der Waals surface area contributed by atoms with E-state index < -0.39 is 11.6 Å². The number of aryl methyl sites for hydroxylation is 1. The molecule has 0 atom stereocenters. The second kappa shape index (κ2) is 4.30. The molecule has 3 nitrogen and oxygen atoms in total. The molecule has 0 fully saturated rings. The number of rotatable bonds is 1. The van der Waals surface area contributed by atoms with Crippen LogP contribution in [-0.2, 0) is 0 Å². The van der Waals surface area contributed by atoms with Crippen molar-refractivity contribution in [2.24, 2.45) is 0 Å². The lowest BCUT2D eigenvalue weighted by atomic mass is 10.0. The Morgan fingerprint density at radius 3 is 2.60 bits per heavy atom. The van der Waals surface area contributed by atoms with Crippen molar-refractivity contribution in [1.29, 1.82) is 0 Å². The molecule has 0 amide bonds. The van der Waals surface area contributed by atoms with Gasteiger partial charge in [-0.05, 0) is 43.2 Å². The van der Waals surface area contributed by atoms with Crippen LogP contribution in [0.15, 0.2) is 24.3 Å². The Morgan fingerprint density at radius 2 is 1.85 bits per heavy atom. The number of aromatic nitrogens is 2. The highest BCUT2D eigenvalue weighted by Gasteiger charge is 2.13. The fourth-order valence-electron chi connectivity index (χ4n) is 2.30. The van der Waals surface area contributed by atoms with Crippen molar-refractivity contribution in [3.8, 4) is 11.4 Å². The standard InChI is InChI=1S/C15H13F2N3/c1-7-3-10(18)6-11(8(7)2)15-19-13-5-9(16)4-12(17)14(13)20-15/h3-6H,18H2,1-2H3,(H,19,20). The van der Waals surface area contributed by atoms with Crippen molar-refractivity contribution >= 4 is 16.7 Å². The molecule has 0 spiro atoms. The SMILES string of the molecule is Cc1cc(N)cc(-c2nc3c(F)cc(F)cc3[nH]2)c1C. The summed E-state index contributed by atoms with van der Waals surface area (Å²) in [7, 11) is 0. The molecular formula is C15H13F2N3. The summed E-state index contributed by atoms with van der Waals surface area (Å²) in [5, 5.41) is 0. The van der Waals surface area contributed by atoms with Crippen molar-refractivity contribution in [3.05, 3.63) is 47.0 Å². The highest BCUT2D eigenvalue weighted by molar-refractivity contribution is 5.81. The van der Waals surface area contributed by atoms with Crippen LogP contribution in [0, 0.1) is 25.5 Å². The lowest BCUT2D eigenvalue weighted by Gasteiger charge is -2.07. The number of H-pyrrole nitrogens is 1. The largest absolute Gasteiger partial charge is 0.399 e. The van der Waals surface area contributed by atoms with Crippen molar-refractivity contribution in [2.45, 2.75) is 13.8 Å². The molecule has 0 saturated heterocycles. The number of halogens is 2. The van der Waals surface area contributed by atoms with E-state index in [1.54, 1.807) is 6.07 Å². The van der Waals surface area contributed by atoms with Crippen molar-refractivity contribution in [3.63, 3.8) is 0 Å². The lowest BCUT2D eigenvalue weighted by molar-refractivity contribution is 0.591. The second-order valence-corrected chi connectivity index (χ2v) is 4.88. The predicted molar refractivity (Wildman–Crippen MR) is 75.3 cm³/mol. The Morgan fingerprint density at radius 1 is 1.10 bits per heavy atom. The quantitative estimate of drug-likeness (QED) is 0.664. The lowest BCUT2D eigenvalue weighted by Crippen LogP contribution is -1.93. The predicted octanol–water partition coefficient (Wildman–Crippen LogP) is 3.71. The van der Waals surface area contributed by atoms with Crippen molar-refractivity contribution in [2.75, 3.05) is 5.73 Å². The first-order valence-corrected chi connectivity index (χ1v) is 6.17. The third-order valence-corrected chi connectivity index (χ3v) is 3.45. The summed E-state index contributed by atoms with van der Waals surface area (Å²) >= 11 is 0. The van der Waals surface area contributed by atoms with Crippen LogP contribution in [0.3, 0.4) is 0 Å². The fourth-order valence-corrected chi connectivity index (χ4v) is 2.30. The summed E-state index contributed by atoms with van der Waals surface area (Å²) in [6.45, 7) is 3.88. The topological polar surface area (TPSA) is 54.7 Å². The highest BCUT2D eigenvalue weighted by atomic mass is 19.1. The van der Waals surface area contributed by atoms with Gasteiger partial charge in [-0.3, -0.25) is 0 Å². The smallest absolute Gasteiger partial charge is 0.153 e. The minimum atomic E-state index is -0.680. The number of nitrogens with zero attached hydrogens (tertiary/aromatic N) is 1. The van der Waals surface area contributed by atoms with Gasteiger partial charge in [0, 0.05) is 17.3 Å². The molecule has 0 aliphatic carbocycles. The average Bonchev–Trinajstić information content (AvgIpc) is 2.77. The first-order chi connectivity index (χ1) is 9.45. The zero-order chi connectivity index (χ0) is 14.4. The number of nitrogens with two attached hydrogens (primary N) is 1. The summed E-state index contributed by atoms with van der Waals surface area (Å²) in [6, 6.07) is 5.68. The summed E-state index contributed by atoms with van der Waals surface area (Å²) in [6.07, 6.45) is 0. The Labute approximate surface area is 114 Å². The van der Waals surface area contributed by atoms with Gasteiger partial charge in [-0.1, -0.05) is 0 Å². The van der Waals surface area contributed by atoms with E-state index in [2.05, 4.69) is 9.97 Å². The van der Waals surface area contributed by atoms with Gasteiger partial charge in [0.15, 0.2) is 5.82 Å². The highest BCUT2D eigenvalue weighted by Crippen LogP contribution is 2.29. The van der Waals surface area contributed by atoms with Crippen LogP contribution >= 0.6 is 0 Å². The van der Waals surface area contributed by atoms with Crippen LogP contribution in [-0.4, -0.2) is 9.97 Å². The molecule has 0 saturated carbocycles. The minimum absolute atomic E-state index is 0.126. The number of anilines is 1. The number of aromatic amines is 1. The van der Waals surface area contributed by atoms with E-state index in [1.807, 2.05) is 19.9 Å². The van der Waals surface area contributed by atoms with Crippen molar-refractivity contribution < 1.29 is 8.78 Å². The van der Waals surface area contributed by atoms with E-state index in [0.717, 1.165) is 22.8 Å². The van der Waals surface area contributed by atoms with E-state index >= 15 is 0 Å². The fraction of sp³-hybridized carbons (Fsp3) is 0.133. The molecule has 1 aromatic heterocycles. The first kappa shape index (κ1) is 12.6. The van der Waals surface area contributed by atoms with Gasteiger partial charge in [-0.25, -0.2) is 13.8 Å². The van der Waals surface area contributed by atoms with Gasteiger partial charge in [-0.2, -0.15) is 0 Å². The van der Waals surface area contributed by atoms with Gasteiger partial charge in [0.2, 0.25) is 0 Å². The minimum Gasteiger partial charge on any atom is -0.399 e. The third kappa shape index (κ3) is 1.91. The molecule has 5 heteroatoms. The normalized spacial score (nSPS) is 11.2. The van der Waals surface area contributed by atoms with Gasteiger partial charge in [0.1, 0.15) is 17.2 Å². The van der Waals surface area contributed by atoms with E-state index in [9.17, 15) is 8.78 Å².